The first kappa shape index (κ1) is 14.8. The molecular weight excluding hydrogens is 250 g/mol. The quantitative estimate of drug-likeness (QED) is 0.570. The molecule has 1 unspecified atom stereocenters. The van der Waals surface area contributed by atoms with E-state index in [1.54, 1.807) is 11.5 Å². The van der Waals surface area contributed by atoms with Crippen molar-refractivity contribution < 1.29 is 0 Å². The molecule has 0 aliphatic rings. The molecule has 18 heavy (non-hydrogen) atoms. The highest BCUT2D eigenvalue weighted by Gasteiger charge is 2.16. The predicted octanol–water partition coefficient (Wildman–Crippen LogP) is 1.09. The van der Waals surface area contributed by atoms with E-state index in [0.29, 0.717) is 18.1 Å². The van der Waals surface area contributed by atoms with Gasteiger partial charge in [0.2, 0.25) is 0 Å². The lowest BCUT2D eigenvalue weighted by molar-refractivity contribution is 0.539. The fraction of sp³-hybridized carbons (Fsp3) is 0.727. The number of rotatable bonds is 7. The van der Waals surface area contributed by atoms with Crippen molar-refractivity contribution in [2.75, 3.05) is 5.75 Å². The van der Waals surface area contributed by atoms with Gasteiger partial charge < -0.3 is 5.73 Å². The Morgan fingerprint density at radius 1 is 1.67 bits per heavy atom. The first-order valence-corrected chi connectivity index (χ1v) is 6.97. The van der Waals surface area contributed by atoms with Crippen LogP contribution in [-0.2, 0) is 6.54 Å². The van der Waals surface area contributed by atoms with E-state index in [1.807, 2.05) is 6.92 Å². The largest absolute Gasteiger partial charge is 0.343 e. The fourth-order valence-electron chi connectivity index (χ4n) is 1.49. The van der Waals surface area contributed by atoms with Crippen molar-refractivity contribution in [2.24, 2.45) is 5.73 Å². The van der Waals surface area contributed by atoms with Gasteiger partial charge in [0.1, 0.15) is 5.54 Å². The van der Waals surface area contributed by atoms with Gasteiger partial charge in [0, 0.05) is 12.3 Å². The molecule has 0 spiro atoms. The van der Waals surface area contributed by atoms with Gasteiger partial charge in [-0.15, -0.1) is 5.10 Å². The third-order valence-corrected chi connectivity index (χ3v) is 3.56. The van der Waals surface area contributed by atoms with Crippen LogP contribution in [0.15, 0.2) is 9.95 Å². The molecule has 0 aliphatic heterocycles. The van der Waals surface area contributed by atoms with Crippen LogP contribution in [-0.4, -0.2) is 26.1 Å². The molecule has 0 aromatic carbocycles. The monoisotopic (exact) mass is 269 g/mol. The molecular formula is C11H19N5OS. The van der Waals surface area contributed by atoms with Crippen molar-refractivity contribution in [2.45, 2.75) is 50.4 Å². The number of aromatic amines is 1. The number of thioether (sulfide) groups is 1. The topological polar surface area (TPSA) is 100 Å². The molecule has 1 aromatic heterocycles. The van der Waals surface area contributed by atoms with Crippen molar-refractivity contribution in [3.05, 3.63) is 10.5 Å². The molecule has 0 fully saturated rings. The summed E-state index contributed by atoms with van der Waals surface area (Å²) in [6.45, 7) is 4.41. The zero-order valence-corrected chi connectivity index (χ0v) is 11.6. The van der Waals surface area contributed by atoms with Gasteiger partial charge >= 0.3 is 5.69 Å². The van der Waals surface area contributed by atoms with E-state index in [1.165, 1.54) is 11.8 Å². The summed E-state index contributed by atoms with van der Waals surface area (Å²) in [5, 5.41) is 15.9. The fourth-order valence-corrected chi connectivity index (χ4v) is 2.40. The van der Waals surface area contributed by atoms with Crippen LogP contribution in [0.5, 0.6) is 0 Å². The van der Waals surface area contributed by atoms with Gasteiger partial charge in [-0.3, -0.25) is 4.57 Å². The maximum Gasteiger partial charge on any atom is 0.343 e. The molecule has 0 amide bonds. The highest BCUT2D eigenvalue weighted by Crippen LogP contribution is 2.17. The number of nitriles is 1. The van der Waals surface area contributed by atoms with E-state index in [9.17, 15) is 4.79 Å². The van der Waals surface area contributed by atoms with Crippen LogP contribution in [0.25, 0.3) is 0 Å². The number of nitrogens with two attached hydrogens (primary N) is 1. The molecule has 0 radical (unpaired) electrons. The Balaban J connectivity index is 2.45. The summed E-state index contributed by atoms with van der Waals surface area (Å²) < 4.78 is 1.64. The molecule has 0 aliphatic carbocycles. The Hall–Kier alpha value is -1.26. The van der Waals surface area contributed by atoms with Gasteiger partial charge in [0.25, 0.3) is 0 Å². The molecule has 1 rings (SSSR count). The average Bonchev–Trinajstić information content (AvgIpc) is 2.68. The summed E-state index contributed by atoms with van der Waals surface area (Å²) in [7, 11) is 0. The smallest absolute Gasteiger partial charge is 0.314 e. The number of nitrogens with one attached hydrogen (secondary N) is 1. The van der Waals surface area contributed by atoms with Crippen LogP contribution < -0.4 is 11.4 Å². The van der Waals surface area contributed by atoms with E-state index in [-0.39, 0.29) is 5.69 Å². The normalized spacial score (nSPS) is 14.1. The van der Waals surface area contributed by atoms with Crippen LogP contribution in [0.1, 0.15) is 33.1 Å². The Kier molecular flexibility index (Phi) is 5.44. The van der Waals surface area contributed by atoms with Crippen LogP contribution in [0, 0.1) is 11.3 Å². The number of hydrogen-bond acceptors (Lipinski definition) is 5. The minimum absolute atomic E-state index is 0.167. The predicted molar refractivity (Wildman–Crippen MR) is 71.3 cm³/mol. The second-order valence-corrected chi connectivity index (χ2v) is 5.51. The molecule has 100 valence electrons. The van der Waals surface area contributed by atoms with E-state index >= 15 is 0 Å². The number of nitrogens with zero attached hydrogens (tertiary/aromatic N) is 3. The zero-order chi connectivity index (χ0) is 13.6. The maximum absolute atomic E-state index is 11.4. The Labute approximate surface area is 111 Å². The van der Waals surface area contributed by atoms with Gasteiger partial charge in [-0.2, -0.15) is 5.26 Å². The van der Waals surface area contributed by atoms with Gasteiger partial charge in [0.05, 0.1) is 6.07 Å². The van der Waals surface area contributed by atoms with Gasteiger partial charge in [-0.05, 0) is 26.2 Å². The molecule has 1 atom stereocenters. The maximum atomic E-state index is 11.4. The number of H-pyrrole nitrogens is 1. The lowest BCUT2D eigenvalue weighted by atomic mass is 10.0. The summed E-state index contributed by atoms with van der Waals surface area (Å²) in [4.78, 5) is 11.4. The average molecular weight is 269 g/mol. The molecule has 0 saturated carbocycles. The van der Waals surface area contributed by atoms with Crippen molar-refractivity contribution in [1.29, 1.82) is 5.26 Å². The summed E-state index contributed by atoms with van der Waals surface area (Å²) in [6.07, 6.45) is 2.35. The molecule has 0 bridgehead atoms. The minimum Gasteiger partial charge on any atom is -0.314 e. The lowest BCUT2D eigenvalue weighted by Gasteiger charge is -2.14. The summed E-state index contributed by atoms with van der Waals surface area (Å²) in [5.74, 6) is 0.794. The Morgan fingerprint density at radius 2 is 2.39 bits per heavy atom. The molecule has 0 saturated heterocycles. The minimum atomic E-state index is -0.769. The van der Waals surface area contributed by atoms with E-state index in [4.69, 9.17) is 11.0 Å². The van der Waals surface area contributed by atoms with Gasteiger partial charge in [-0.1, -0.05) is 18.7 Å². The second-order valence-electron chi connectivity index (χ2n) is 4.44. The van der Waals surface area contributed by atoms with E-state index in [0.717, 1.165) is 18.6 Å². The third-order valence-electron chi connectivity index (χ3n) is 2.50. The Bertz CT molecular complexity index is 471. The van der Waals surface area contributed by atoms with E-state index < -0.39 is 5.54 Å². The van der Waals surface area contributed by atoms with Crippen LogP contribution in [0.2, 0.25) is 0 Å². The zero-order valence-electron chi connectivity index (χ0n) is 10.8. The highest BCUT2D eigenvalue weighted by atomic mass is 32.2. The van der Waals surface area contributed by atoms with Crippen molar-refractivity contribution in [1.82, 2.24) is 14.8 Å². The molecule has 1 aromatic rings. The van der Waals surface area contributed by atoms with Crippen molar-refractivity contribution in [3.8, 4) is 6.07 Å². The van der Waals surface area contributed by atoms with Gasteiger partial charge in [0.15, 0.2) is 5.16 Å². The molecule has 7 heteroatoms. The van der Waals surface area contributed by atoms with Crippen LogP contribution in [0.3, 0.4) is 0 Å². The third kappa shape index (κ3) is 4.20. The van der Waals surface area contributed by atoms with Crippen LogP contribution >= 0.6 is 11.8 Å². The number of hydrogen-bond donors (Lipinski definition) is 2. The summed E-state index contributed by atoms with van der Waals surface area (Å²) in [6, 6.07) is 2.07. The molecule has 3 N–H and O–H groups in total. The number of aromatic nitrogens is 3. The first-order valence-electron chi connectivity index (χ1n) is 5.98. The van der Waals surface area contributed by atoms with Crippen LogP contribution in [0.4, 0.5) is 0 Å². The highest BCUT2D eigenvalue weighted by molar-refractivity contribution is 7.99. The summed E-state index contributed by atoms with van der Waals surface area (Å²) >= 11 is 1.51. The molecule has 1 heterocycles. The first-order chi connectivity index (χ1) is 8.50. The van der Waals surface area contributed by atoms with Crippen molar-refractivity contribution >= 4 is 11.8 Å². The van der Waals surface area contributed by atoms with Crippen molar-refractivity contribution in [3.63, 3.8) is 0 Å². The standard InChI is InChI=1S/C11H19N5OS/c1-3-6-16-9(17)14-15-10(16)18-7-4-5-11(2,13)8-12/h3-7,13H2,1-2H3,(H,14,17). The SMILES string of the molecule is CCCn1c(SCCCC(C)(N)C#N)n[nH]c1=O. The molecule has 6 nitrogen and oxygen atoms in total. The summed E-state index contributed by atoms with van der Waals surface area (Å²) in [5.41, 5.74) is 4.79. The lowest BCUT2D eigenvalue weighted by Crippen LogP contribution is -2.33. The van der Waals surface area contributed by atoms with E-state index in [2.05, 4.69) is 16.3 Å². The van der Waals surface area contributed by atoms with Gasteiger partial charge in [-0.25, -0.2) is 9.89 Å². The second kappa shape index (κ2) is 6.61. The Morgan fingerprint density at radius 3 is 3.00 bits per heavy atom.